The molecular formula is C23H19ClFN3O. The van der Waals surface area contributed by atoms with Crippen LogP contribution >= 0.6 is 11.6 Å². The molecule has 1 atom stereocenters. The summed E-state index contributed by atoms with van der Waals surface area (Å²) in [5.74, 6) is -0.494. The molecule has 1 aliphatic rings. The molecule has 1 unspecified atom stereocenters. The minimum atomic E-state index is -0.342. The van der Waals surface area contributed by atoms with Gasteiger partial charge in [0.25, 0.3) is 0 Å². The van der Waals surface area contributed by atoms with Gasteiger partial charge in [-0.25, -0.2) is 4.39 Å². The van der Waals surface area contributed by atoms with Gasteiger partial charge in [-0.1, -0.05) is 54.1 Å². The second kappa shape index (κ2) is 8.45. The molecule has 0 fully saturated rings. The van der Waals surface area contributed by atoms with Crippen molar-refractivity contribution in [3.05, 3.63) is 101 Å². The molecule has 0 bridgehead atoms. The Morgan fingerprint density at radius 1 is 1.03 bits per heavy atom. The standard InChI is InChI=1S/C23H19ClFN3O/c24-18-8-6-17(7-9-18)23-21(16-4-2-1-3-5-16)14-28(27-23)15-22(29)26-20-12-10-19(25)11-13-20/h1-13,21H,14-15H2,(H,26,29). The van der Waals surface area contributed by atoms with E-state index in [4.69, 9.17) is 16.7 Å². The van der Waals surface area contributed by atoms with Crippen molar-refractivity contribution >= 4 is 28.9 Å². The Balaban J connectivity index is 1.53. The van der Waals surface area contributed by atoms with Crippen molar-refractivity contribution in [1.29, 1.82) is 0 Å². The molecule has 0 saturated carbocycles. The van der Waals surface area contributed by atoms with E-state index in [2.05, 4.69) is 17.4 Å². The lowest BCUT2D eigenvalue weighted by atomic mass is 9.91. The summed E-state index contributed by atoms with van der Waals surface area (Å²) >= 11 is 6.03. The summed E-state index contributed by atoms with van der Waals surface area (Å²) in [5, 5.41) is 9.94. The van der Waals surface area contributed by atoms with Crippen LogP contribution in [0.4, 0.5) is 10.1 Å². The van der Waals surface area contributed by atoms with E-state index in [1.165, 1.54) is 24.3 Å². The quantitative estimate of drug-likeness (QED) is 0.652. The van der Waals surface area contributed by atoms with E-state index < -0.39 is 0 Å². The molecule has 1 N–H and O–H groups in total. The fourth-order valence-corrected chi connectivity index (χ4v) is 3.51. The van der Waals surface area contributed by atoms with Crippen molar-refractivity contribution in [2.24, 2.45) is 5.10 Å². The normalized spacial score (nSPS) is 15.9. The van der Waals surface area contributed by atoms with Gasteiger partial charge >= 0.3 is 0 Å². The lowest BCUT2D eigenvalue weighted by Crippen LogP contribution is -2.29. The van der Waals surface area contributed by atoms with Crippen LogP contribution in [-0.4, -0.2) is 29.7 Å². The monoisotopic (exact) mass is 407 g/mol. The highest BCUT2D eigenvalue weighted by Gasteiger charge is 2.30. The summed E-state index contributed by atoms with van der Waals surface area (Å²) in [6.07, 6.45) is 0. The van der Waals surface area contributed by atoms with E-state index in [1.54, 1.807) is 5.01 Å². The molecule has 29 heavy (non-hydrogen) atoms. The van der Waals surface area contributed by atoms with Crippen LogP contribution in [0.3, 0.4) is 0 Å². The Morgan fingerprint density at radius 2 is 1.72 bits per heavy atom. The van der Waals surface area contributed by atoms with Crippen molar-refractivity contribution in [2.75, 3.05) is 18.4 Å². The first-order valence-corrected chi connectivity index (χ1v) is 9.66. The molecular weight excluding hydrogens is 389 g/mol. The Kier molecular flexibility index (Phi) is 5.58. The van der Waals surface area contributed by atoms with E-state index in [0.717, 1.165) is 16.8 Å². The van der Waals surface area contributed by atoms with Gasteiger partial charge in [0.05, 0.1) is 5.71 Å². The zero-order valence-electron chi connectivity index (χ0n) is 15.6. The van der Waals surface area contributed by atoms with Crippen molar-refractivity contribution in [3.63, 3.8) is 0 Å². The number of anilines is 1. The van der Waals surface area contributed by atoms with Gasteiger partial charge in [-0.3, -0.25) is 9.80 Å². The van der Waals surface area contributed by atoms with Gasteiger partial charge in [0.15, 0.2) is 0 Å². The summed E-state index contributed by atoms with van der Waals surface area (Å²) < 4.78 is 13.0. The molecule has 1 aliphatic heterocycles. The summed E-state index contributed by atoms with van der Waals surface area (Å²) in [7, 11) is 0. The Bertz CT molecular complexity index is 1020. The zero-order chi connectivity index (χ0) is 20.2. The molecule has 6 heteroatoms. The van der Waals surface area contributed by atoms with Crippen LogP contribution < -0.4 is 5.32 Å². The van der Waals surface area contributed by atoms with Crippen LogP contribution in [0.1, 0.15) is 17.0 Å². The summed E-state index contributed by atoms with van der Waals surface area (Å²) in [4.78, 5) is 12.5. The third kappa shape index (κ3) is 4.63. The number of benzene rings is 3. The molecule has 0 spiro atoms. The predicted molar refractivity (Wildman–Crippen MR) is 114 cm³/mol. The Labute approximate surface area is 173 Å². The molecule has 3 aromatic carbocycles. The molecule has 0 aliphatic carbocycles. The summed E-state index contributed by atoms with van der Waals surface area (Å²) in [6, 6.07) is 23.4. The predicted octanol–water partition coefficient (Wildman–Crippen LogP) is 4.92. The fourth-order valence-electron chi connectivity index (χ4n) is 3.39. The zero-order valence-corrected chi connectivity index (χ0v) is 16.3. The number of nitrogens with zero attached hydrogens (tertiary/aromatic N) is 2. The lowest BCUT2D eigenvalue weighted by Gasteiger charge is -2.16. The molecule has 0 saturated heterocycles. The van der Waals surface area contributed by atoms with Gasteiger partial charge in [0.2, 0.25) is 5.91 Å². The Morgan fingerprint density at radius 3 is 2.41 bits per heavy atom. The molecule has 0 radical (unpaired) electrons. The van der Waals surface area contributed by atoms with Crippen LogP contribution in [0.2, 0.25) is 5.02 Å². The maximum absolute atomic E-state index is 13.0. The molecule has 146 valence electrons. The molecule has 1 amide bonds. The first kappa shape index (κ1) is 19.2. The van der Waals surface area contributed by atoms with Crippen molar-refractivity contribution in [1.82, 2.24) is 5.01 Å². The second-order valence-corrected chi connectivity index (χ2v) is 7.29. The van der Waals surface area contributed by atoms with Crippen LogP contribution in [0.25, 0.3) is 0 Å². The van der Waals surface area contributed by atoms with Gasteiger partial charge in [0, 0.05) is 23.2 Å². The van der Waals surface area contributed by atoms with Crippen molar-refractivity contribution in [3.8, 4) is 0 Å². The summed E-state index contributed by atoms with van der Waals surface area (Å²) in [6.45, 7) is 0.705. The second-order valence-electron chi connectivity index (χ2n) is 6.86. The molecule has 4 nitrogen and oxygen atoms in total. The maximum Gasteiger partial charge on any atom is 0.245 e. The number of carbonyl (C=O) groups excluding carboxylic acids is 1. The number of hydrazone groups is 1. The highest BCUT2D eigenvalue weighted by Crippen LogP contribution is 2.29. The van der Waals surface area contributed by atoms with Crippen LogP contribution in [0.15, 0.2) is 84.0 Å². The third-order valence-electron chi connectivity index (χ3n) is 4.77. The van der Waals surface area contributed by atoms with Crippen LogP contribution in [0.5, 0.6) is 0 Å². The van der Waals surface area contributed by atoms with Crippen LogP contribution in [-0.2, 0) is 4.79 Å². The first-order chi connectivity index (χ1) is 14.1. The molecule has 0 aromatic heterocycles. The lowest BCUT2D eigenvalue weighted by molar-refractivity contribution is -0.117. The number of amides is 1. The number of rotatable bonds is 5. The highest BCUT2D eigenvalue weighted by atomic mass is 35.5. The Hall–Kier alpha value is -3.18. The van der Waals surface area contributed by atoms with E-state index in [0.29, 0.717) is 17.3 Å². The fraction of sp³-hybridized carbons (Fsp3) is 0.130. The number of nitrogens with one attached hydrogen (secondary N) is 1. The first-order valence-electron chi connectivity index (χ1n) is 9.28. The topological polar surface area (TPSA) is 44.7 Å². The SMILES string of the molecule is O=C(CN1CC(c2ccccc2)C(c2ccc(Cl)cc2)=N1)Nc1ccc(F)cc1. The summed E-state index contributed by atoms with van der Waals surface area (Å²) in [5.41, 5.74) is 3.58. The number of halogens is 2. The van der Waals surface area contributed by atoms with E-state index >= 15 is 0 Å². The van der Waals surface area contributed by atoms with E-state index in [1.807, 2.05) is 42.5 Å². The van der Waals surface area contributed by atoms with Gasteiger partial charge in [0.1, 0.15) is 12.4 Å². The third-order valence-corrected chi connectivity index (χ3v) is 5.02. The van der Waals surface area contributed by atoms with E-state index in [9.17, 15) is 9.18 Å². The van der Waals surface area contributed by atoms with Crippen molar-refractivity contribution in [2.45, 2.75) is 5.92 Å². The minimum Gasteiger partial charge on any atom is -0.324 e. The van der Waals surface area contributed by atoms with Crippen molar-refractivity contribution < 1.29 is 9.18 Å². The minimum absolute atomic E-state index is 0.0518. The van der Waals surface area contributed by atoms with Gasteiger partial charge in [-0.2, -0.15) is 5.10 Å². The maximum atomic E-state index is 13.0. The molecule has 4 rings (SSSR count). The van der Waals surface area contributed by atoms with E-state index in [-0.39, 0.29) is 24.2 Å². The van der Waals surface area contributed by atoms with Gasteiger partial charge in [-0.05, 0) is 47.5 Å². The number of hydrogen-bond acceptors (Lipinski definition) is 3. The van der Waals surface area contributed by atoms with Crippen LogP contribution in [0, 0.1) is 5.82 Å². The average Bonchev–Trinajstić information content (AvgIpc) is 3.14. The smallest absolute Gasteiger partial charge is 0.245 e. The number of carbonyl (C=O) groups is 1. The highest BCUT2D eigenvalue weighted by molar-refractivity contribution is 6.30. The van der Waals surface area contributed by atoms with Gasteiger partial charge in [-0.15, -0.1) is 0 Å². The largest absolute Gasteiger partial charge is 0.324 e. The molecule has 1 heterocycles. The average molecular weight is 408 g/mol. The van der Waals surface area contributed by atoms with Gasteiger partial charge < -0.3 is 5.32 Å². The number of hydrogen-bond donors (Lipinski definition) is 1. The molecule has 3 aromatic rings.